The largest absolute Gasteiger partial charge is 0.309 e. The normalized spacial score (nSPS) is 24.6. The quantitative estimate of drug-likeness (QED) is 0.773. The van der Waals surface area contributed by atoms with Crippen molar-refractivity contribution in [1.29, 1.82) is 0 Å². The Bertz CT molecular complexity index is 403. The van der Waals surface area contributed by atoms with Crippen LogP contribution in [0.5, 0.6) is 0 Å². The van der Waals surface area contributed by atoms with Crippen LogP contribution >= 0.6 is 0 Å². The van der Waals surface area contributed by atoms with E-state index in [2.05, 4.69) is 59.0 Å². The Kier molecular flexibility index (Phi) is 3.07. The average molecular weight is 231 g/mol. The number of benzene rings is 1. The molecule has 0 amide bonds. The maximum absolute atomic E-state index is 3.55. The number of aryl methyl sites for hydroxylation is 2. The minimum atomic E-state index is 0.243. The first-order valence-electron chi connectivity index (χ1n) is 6.65. The number of rotatable bonds is 1. The summed E-state index contributed by atoms with van der Waals surface area (Å²) in [6, 6.07) is 5.31. The molecule has 1 aliphatic heterocycles. The molecule has 1 aromatic carbocycles. The second-order valence-electron chi connectivity index (χ2n) is 6.64. The lowest BCUT2D eigenvalue weighted by Crippen LogP contribution is -2.44. The summed E-state index contributed by atoms with van der Waals surface area (Å²) in [5.41, 5.74) is 6.10. The maximum Gasteiger partial charge on any atom is 0.0363 e. The number of hydrogen-bond donors (Lipinski definition) is 1. The predicted molar refractivity (Wildman–Crippen MR) is 74.5 cm³/mol. The molecule has 2 rings (SSSR count). The summed E-state index contributed by atoms with van der Waals surface area (Å²) in [6.45, 7) is 14.8. The molecule has 0 saturated carbocycles. The monoisotopic (exact) mass is 231 g/mol. The molecule has 1 aromatic rings. The smallest absolute Gasteiger partial charge is 0.0363 e. The van der Waals surface area contributed by atoms with E-state index in [1.807, 2.05) is 0 Å². The van der Waals surface area contributed by atoms with Gasteiger partial charge in [0.25, 0.3) is 0 Å². The summed E-state index contributed by atoms with van der Waals surface area (Å²) < 4.78 is 0. The second kappa shape index (κ2) is 4.13. The molecule has 1 aliphatic rings. The van der Waals surface area contributed by atoms with Crippen molar-refractivity contribution >= 4 is 0 Å². The molecule has 0 spiro atoms. The van der Waals surface area contributed by atoms with E-state index in [-0.39, 0.29) is 5.41 Å². The molecule has 94 valence electrons. The maximum atomic E-state index is 3.55. The first kappa shape index (κ1) is 12.6. The van der Waals surface area contributed by atoms with Gasteiger partial charge in [-0.15, -0.1) is 0 Å². The van der Waals surface area contributed by atoms with Crippen LogP contribution < -0.4 is 5.32 Å². The fourth-order valence-electron chi connectivity index (χ4n) is 2.76. The molecule has 0 aliphatic carbocycles. The van der Waals surface area contributed by atoms with Gasteiger partial charge in [-0.1, -0.05) is 39.8 Å². The summed E-state index contributed by atoms with van der Waals surface area (Å²) in [4.78, 5) is 0. The highest BCUT2D eigenvalue weighted by molar-refractivity contribution is 5.43. The lowest BCUT2D eigenvalue weighted by molar-refractivity contribution is 0.256. The van der Waals surface area contributed by atoms with Crippen molar-refractivity contribution < 1.29 is 0 Å². The zero-order valence-corrected chi connectivity index (χ0v) is 12.0. The topological polar surface area (TPSA) is 12.0 Å². The van der Waals surface area contributed by atoms with E-state index < -0.39 is 0 Å². The Morgan fingerprint density at radius 3 is 1.94 bits per heavy atom. The van der Waals surface area contributed by atoms with Crippen molar-refractivity contribution in [2.75, 3.05) is 6.54 Å². The Balaban J connectivity index is 2.43. The molecule has 0 radical (unpaired) electrons. The van der Waals surface area contributed by atoms with Gasteiger partial charge in [-0.25, -0.2) is 0 Å². The summed E-state index contributed by atoms with van der Waals surface area (Å²) in [6.07, 6.45) is 0. The molecule has 2 atom stereocenters. The SMILES string of the molecule is Cc1cc(C(C)(C)C)cc(C)c1C1NCC1C. The summed E-state index contributed by atoms with van der Waals surface area (Å²) in [7, 11) is 0. The fourth-order valence-corrected chi connectivity index (χ4v) is 2.76. The van der Waals surface area contributed by atoms with Crippen LogP contribution in [0.3, 0.4) is 0 Å². The van der Waals surface area contributed by atoms with E-state index in [0.717, 1.165) is 12.5 Å². The van der Waals surface area contributed by atoms with Gasteiger partial charge in [0.2, 0.25) is 0 Å². The van der Waals surface area contributed by atoms with Crippen LogP contribution in [0.4, 0.5) is 0 Å². The minimum Gasteiger partial charge on any atom is -0.309 e. The standard InChI is InChI=1S/C16H25N/c1-10-7-13(16(4,5)6)8-11(2)14(10)15-12(3)9-17-15/h7-8,12,15,17H,9H2,1-6H3. The van der Waals surface area contributed by atoms with E-state index in [4.69, 9.17) is 0 Å². The van der Waals surface area contributed by atoms with Crippen LogP contribution in [0.15, 0.2) is 12.1 Å². The van der Waals surface area contributed by atoms with E-state index in [1.54, 1.807) is 0 Å². The van der Waals surface area contributed by atoms with Crippen LogP contribution in [-0.2, 0) is 5.41 Å². The molecule has 1 N–H and O–H groups in total. The highest BCUT2D eigenvalue weighted by Gasteiger charge is 2.30. The lowest BCUT2D eigenvalue weighted by Gasteiger charge is -2.38. The third-order valence-corrected chi connectivity index (χ3v) is 4.00. The van der Waals surface area contributed by atoms with Gasteiger partial charge in [0.15, 0.2) is 0 Å². The van der Waals surface area contributed by atoms with Crippen molar-refractivity contribution in [3.63, 3.8) is 0 Å². The molecule has 1 heteroatoms. The van der Waals surface area contributed by atoms with Gasteiger partial charge in [-0.05, 0) is 47.4 Å². The van der Waals surface area contributed by atoms with Crippen molar-refractivity contribution in [3.8, 4) is 0 Å². The third-order valence-electron chi connectivity index (χ3n) is 4.00. The first-order valence-corrected chi connectivity index (χ1v) is 6.65. The molecule has 0 bridgehead atoms. The van der Waals surface area contributed by atoms with Crippen LogP contribution in [0.25, 0.3) is 0 Å². The molecule has 1 saturated heterocycles. The molecular weight excluding hydrogens is 206 g/mol. The summed E-state index contributed by atoms with van der Waals surface area (Å²) >= 11 is 0. The van der Waals surface area contributed by atoms with Gasteiger partial charge < -0.3 is 5.32 Å². The van der Waals surface area contributed by atoms with Gasteiger partial charge >= 0.3 is 0 Å². The average Bonchev–Trinajstić information content (AvgIpc) is 2.19. The molecule has 1 heterocycles. The van der Waals surface area contributed by atoms with Gasteiger partial charge in [0.05, 0.1) is 0 Å². The predicted octanol–water partition coefficient (Wildman–Crippen LogP) is 3.88. The molecule has 17 heavy (non-hydrogen) atoms. The Morgan fingerprint density at radius 2 is 1.65 bits per heavy atom. The van der Waals surface area contributed by atoms with Crippen LogP contribution in [-0.4, -0.2) is 6.54 Å². The number of hydrogen-bond acceptors (Lipinski definition) is 1. The molecule has 1 fully saturated rings. The Morgan fingerprint density at radius 1 is 1.12 bits per heavy atom. The Labute approximate surface area is 106 Å². The van der Waals surface area contributed by atoms with E-state index >= 15 is 0 Å². The molecule has 1 nitrogen and oxygen atoms in total. The van der Waals surface area contributed by atoms with E-state index in [0.29, 0.717) is 6.04 Å². The van der Waals surface area contributed by atoms with Crippen molar-refractivity contribution in [2.45, 2.75) is 53.0 Å². The lowest BCUT2D eigenvalue weighted by atomic mass is 9.79. The van der Waals surface area contributed by atoms with Gasteiger partial charge in [0.1, 0.15) is 0 Å². The highest BCUT2D eigenvalue weighted by atomic mass is 15.0. The van der Waals surface area contributed by atoms with E-state index in [9.17, 15) is 0 Å². The van der Waals surface area contributed by atoms with Crippen molar-refractivity contribution in [1.82, 2.24) is 5.32 Å². The van der Waals surface area contributed by atoms with Crippen LogP contribution in [0.2, 0.25) is 0 Å². The fraction of sp³-hybridized carbons (Fsp3) is 0.625. The summed E-state index contributed by atoms with van der Waals surface area (Å²) in [5, 5.41) is 3.55. The van der Waals surface area contributed by atoms with Gasteiger partial charge in [-0.2, -0.15) is 0 Å². The highest BCUT2D eigenvalue weighted by Crippen LogP contribution is 2.35. The van der Waals surface area contributed by atoms with Gasteiger partial charge in [0, 0.05) is 12.6 Å². The zero-order chi connectivity index (χ0) is 12.8. The molecular formula is C16H25N. The van der Waals surface area contributed by atoms with Gasteiger partial charge in [-0.3, -0.25) is 0 Å². The zero-order valence-electron chi connectivity index (χ0n) is 12.0. The first-order chi connectivity index (χ1) is 7.80. The van der Waals surface area contributed by atoms with Crippen molar-refractivity contribution in [3.05, 3.63) is 34.4 Å². The Hall–Kier alpha value is -0.820. The van der Waals surface area contributed by atoms with E-state index in [1.165, 1.54) is 22.3 Å². The third kappa shape index (κ3) is 2.26. The molecule has 0 aromatic heterocycles. The second-order valence-corrected chi connectivity index (χ2v) is 6.64. The van der Waals surface area contributed by atoms with Crippen LogP contribution in [0.1, 0.15) is 56.0 Å². The van der Waals surface area contributed by atoms with Crippen LogP contribution in [0, 0.1) is 19.8 Å². The summed E-state index contributed by atoms with van der Waals surface area (Å²) in [5.74, 6) is 0.771. The number of nitrogens with one attached hydrogen (secondary N) is 1. The molecule has 2 unspecified atom stereocenters. The minimum absolute atomic E-state index is 0.243. The van der Waals surface area contributed by atoms with Crippen molar-refractivity contribution in [2.24, 2.45) is 5.92 Å².